The number of methoxy groups -OCH3 is 1. The zero-order valence-corrected chi connectivity index (χ0v) is 22.0. The number of benzene rings is 1. The number of rotatable bonds is 14. The van der Waals surface area contributed by atoms with E-state index in [0.717, 1.165) is 7.11 Å². The fraction of sp³-hybridized carbons (Fsp3) is 0.423. The van der Waals surface area contributed by atoms with Crippen LogP contribution in [0.3, 0.4) is 0 Å². The summed E-state index contributed by atoms with van der Waals surface area (Å²) in [5, 5.41) is 29.7. The predicted octanol–water partition coefficient (Wildman–Crippen LogP) is -0.714. The smallest absolute Gasteiger partial charge is 0.331 e. The number of H-pyrrole nitrogens is 1. The Morgan fingerprint density at radius 1 is 0.923 bits per heavy atom. The molecule has 0 radical (unpaired) electrons. The minimum absolute atomic E-state index is 0.218. The summed E-state index contributed by atoms with van der Waals surface area (Å²) in [6, 6.07) is 7.06. The number of hydrogen-bond donors (Lipinski definition) is 7. The Kier molecular flexibility index (Phi) is 12.1. The maximum absolute atomic E-state index is 13.1. The third-order valence-corrected chi connectivity index (χ3v) is 5.85. The van der Waals surface area contributed by atoms with E-state index in [1.165, 1.54) is 6.92 Å². The van der Waals surface area contributed by atoms with E-state index < -0.39 is 66.5 Å². The molecule has 2 rings (SSSR count). The molecule has 0 aliphatic rings. The van der Waals surface area contributed by atoms with Crippen LogP contribution in [0.4, 0.5) is 0 Å². The minimum atomic E-state index is -1.39. The third-order valence-electron chi connectivity index (χ3n) is 5.85. The van der Waals surface area contributed by atoms with Gasteiger partial charge in [-0.15, -0.1) is 0 Å². The van der Waals surface area contributed by atoms with Crippen molar-refractivity contribution < 1.29 is 38.9 Å². The molecule has 0 spiro atoms. The van der Waals surface area contributed by atoms with Crippen LogP contribution in [0.2, 0.25) is 0 Å². The summed E-state index contributed by atoms with van der Waals surface area (Å²) in [6.45, 7) is 2.24. The molecule has 39 heavy (non-hydrogen) atoms. The maximum Gasteiger partial charge on any atom is 0.331 e. The number of carbonyl (C=O) groups is 5. The van der Waals surface area contributed by atoms with Crippen molar-refractivity contribution in [3.05, 3.63) is 59.9 Å². The molecular formula is C26H35N5O8. The number of carbonyl (C=O) groups excluding carboxylic acids is 5. The van der Waals surface area contributed by atoms with Gasteiger partial charge in [-0.3, -0.25) is 19.2 Å². The van der Waals surface area contributed by atoms with Crippen molar-refractivity contribution in [3.63, 3.8) is 0 Å². The van der Waals surface area contributed by atoms with Crippen LogP contribution < -0.4 is 21.3 Å². The number of amides is 4. The molecule has 0 bridgehead atoms. The van der Waals surface area contributed by atoms with E-state index in [1.807, 2.05) is 0 Å². The van der Waals surface area contributed by atoms with Crippen molar-refractivity contribution >= 4 is 29.6 Å². The predicted molar refractivity (Wildman–Crippen MR) is 139 cm³/mol. The highest BCUT2D eigenvalue weighted by atomic mass is 16.5. The molecule has 0 unspecified atom stereocenters. The minimum Gasteiger partial charge on any atom is -0.467 e. The fourth-order valence-electron chi connectivity index (χ4n) is 3.66. The van der Waals surface area contributed by atoms with Crippen molar-refractivity contribution in [1.82, 2.24) is 26.3 Å². The van der Waals surface area contributed by atoms with Gasteiger partial charge >= 0.3 is 5.97 Å². The molecule has 1 aromatic heterocycles. The first-order chi connectivity index (χ1) is 18.6. The first-order valence-corrected chi connectivity index (χ1v) is 12.4. The summed E-state index contributed by atoms with van der Waals surface area (Å²) >= 11 is 0. The number of aromatic amines is 1. The van der Waals surface area contributed by atoms with Gasteiger partial charge < -0.3 is 41.2 Å². The quantitative estimate of drug-likeness (QED) is 0.151. The molecule has 0 saturated heterocycles. The molecule has 1 heterocycles. The van der Waals surface area contributed by atoms with Gasteiger partial charge in [0.15, 0.2) is 6.04 Å². The van der Waals surface area contributed by atoms with Crippen molar-refractivity contribution in [2.75, 3.05) is 13.7 Å². The van der Waals surface area contributed by atoms with Crippen LogP contribution in [0.15, 0.2) is 48.7 Å². The van der Waals surface area contributed by atoms with Crippen LogP contribution in [0, 0.1) is 0 Å². The molecule has 7 N–H and O–H groups in total. The molecule has 4 amide bonds. The van der Waals surface area contributed by atoms with Crippen LogP contribution in [-0.4, -0.2) is 82.7 Å². The Bertz CT molecular complexity index is 1110. The largest absolute Gasteiger partial charge is 0.467 e. The first-order valence-electron chi connectivity index (χ1n) is 12.4. The lowest BCUT2D eigenvalue weighted by atomic mass is 10.0. The number of nitrogens with one attached hydrogen (secondary N) is 5. The summed E-state index contributed by atoms with van der Waals surface area (Å²) in [4.78, 5) is 65.6. The number of hydrogen-bond acceptors (Lipinski definition) is 8. The van der Waals surface area contributed by atoms with E-state index in [4.69, 9.17) is 0 Å². The number of aromatic nitrogens is 1. The van der Waals surface area contributed by atoms with E-state index in [9.17, 15) is 34.2 Å². The molecule has 1 aromatic carbocycles. The normalized spacial score (nSPS) is 14.6. The van der Waals surface area contributed by atoms with Gasteiger partial charge in [-0.25, -0.2) is 4.79 Å². The number of esters is 1. The van der Waals surface area contributed by atoms with Gasteiger partial charge in [0.25, 0.3) is 5.91 Å². The second kappa shape index (κ2) is 15.2. The molecule has 13 nitrogen and oxygen atoms in total. The van der Waals surface area contributed by atoms with Gasteiger partial charge in [0, 0.05) is 6.20 Å². The van der Waals surface area contributed by atoms with Gasteiger partial charge in [0.1, 0.15) is 17.8 Å². The average molecular weight is 546 g/mol. The van der Waals surface area contributed by atoms with Crippen LogP contribution in [0.25, 0.3) is 0 Å². The van der Waals surface area contributed by atoms with Crippen molar-refractivity contribution in [2.45, 2.75) is 57.0 Å². The van der Waals surface area contributed by atoms with Gasteiger partial charge in [-0.1, -0.05) is 37.3 Å². The third kappa shape index (κ3) is 9.23. The van der Waals surface area contributed by atoms with Gasteiger partial charge in [0.2, 0.25) is 17.7 Å². The maximum atomic E-state index is 13.1. The lowest BCUT2D eigenvalue weighted by Crippen LogP contribution is -2.55. The zero-order valence-electron chi connectivity index (χ0n) is 22.0. The first kappa shape index (κ1) is 31.0. The van der Waals surface area contributed by atoms with Crippen LogP contribution in [0.1, 0.15) is 48.8 Å². The second-order valence-corrected chi connectivity index (χ2v) is 8.75. The Morgan fingerprint density at radius 3 is 2.13 bits per heavy atom. The summed E-state index contributed by atoms with van der Waals surface area (Å²) < 4.78 is 4.61. The molecule has 0 saturated carbocycles. The zero-order chi connectivity index (χ0) is 28.9. The van der Waals surface area contributed by atoms with E-state index in [2.05, 4.69) is 31.0 Å². The second-order valence-electron chi connectivity index (χ2n) is 8.75. The Morgan fingerprint density at radius 2 is 1.59 bits per heavy atom. The average Bonchev–Trinajstić information content (AvgIpc) is 3.48. The lowest BCUT2D eigenvalue weighted by molar-refractivity contribution is -0.148. The number of aliphatic hydroxyl groups is 2. The van der Waals surface area contributed by atoms with E-state index >= 15 is 0 Å². The van der Waals surface area contributed by atoms with E-state index in [-0.39, 0.29) is 18.5 Å². The highest BCUT2D eigenvalue weighted by Crippen LogP contribution is 2.17. The summed E-state index contributed by atoms with van der Waals surface area (Å²) in [7, 11) is 1.12. The molecule has 0 aliphatic heterocycles. The summed E-state index contributed by atoms with van der Waals surface area (Å²) in [6.07, 6.45) is 0.219. The number of aliphatic hydroxyl groups excluding tert-OH is 2. The fourth-order valence-corrected chi connectivity index (χ4v) is 3.66. The SMILES string of the molecule is CC[C@H](NC(=O)c1ccc[nH]1)C(=O)N[C@@H](CO)C(=O)N[C@H](CC(=O)N[C@H](C(=O)OC)[C@H](C)O)c1ccccc1. The van der Waals surface area contributed by atoms with Gasteiger partial charge in [0.05, 0.1) is 32.3 Å². The topological polar surface area (TPSA) is 199 Å². The van der Waals surface area contributed by atoms with Crippen LogP contribution in [-0.2, 0) is 23.9 Å². The highest BCUT2D eigenvalue weighted by Gasteiger charge is 2.30. The molecule has 212 valence electrons. The number of ether oxygens (including phenoxy) is 1. The highest BCUT2D eigenvalue weighted by molar-refractivity contribution is 5.97. The summed E-state index contributed by atoms with van der Waals surface area (Å²) in [5.41, 5.74) is 0.798. The molecule has 0 aliphatic carbocycles. The molecule has 13 heteroatoms. The standard InChI is InChI=1S/C26H35N5O8/c1-4-17(28-24(36)18-11-8-12-27-18)23(35)30-20(14-32)25(37)29-19(16-9-6-5-7-10-16)13-21(34)31-22(15(2)33)26(38)39-3/h5-12,15,17,19-20,22,27,32-33H,4,13-14H2,1-3H3,(H,28,36)(H,29,37)(H,30,35)(H,31,34)/t15-,17-,19+,20-,22-/m0/s1. The van der Waals surface area contributed by atoms with Crippen molar-refractivity contribution in [1.29, 1.82) is 0 Å². The Labute approximate surface area is 225 Å². The van der Waals surface area contributed by atoms with Crippen molar-refractivity contribution in [2.24, 2.45) is 0 Å². The molecule has 2 aromatic rings. The lowest BCUT2D eigenvalue weighted by Gasteiger charge is -2.25. The van der Waals surface area contributed by atoms with Crippen LogP contribution >= 0.6 is 0 Å². The van der Waals surface area contributed by atoms with Gasteiger partial charge in [-0.2, -0.15) is 0 Å². The Hall–Kier alpha value is -4.23. The van der Waals surface area contributed by atoms with E-state index in [0.29, 0.717) is 5.56 Å². The van der Waals surface area contributed by atoms with E-state index in [1.54, 1.807) is 55.6 Å². The molecular weight excluding hydrogens is 510 g/mol. The molecule has 0 fully saturated rings. The molecule has 5 atom stereocenters. The van der Waals surface area contributed by atoms with Crippen molar-refractivity contribution in [3.8, 4) is 0 Å². The van der Waals surface area contributed by atoms with Gasteiger partial charge in [-0.05, 0) is 31.0 Å². The summed E-state index contributed by atoms with van der Waals surface area (Å²) in [5.74, 6) is -3.47. The Balaban J connectivity index is 2.11. The van der Waals surface area contributed by atoms with Crippen LogP contribution in [0.5, 0.6) is 0 Å². The monoisotopic (exact) mass is 545 g/mol.